The molecule has 0 spiro atoms. The maximum Gasteiger partial charge on any atom is 0.161 e. The van der Waals surface area contributed by atoms with Crippen LogP contribution in [0.5, 0.6) is 11.5 Å². The van der Waals surface area contributed by atoms with Gasteiger partial charge in [0.2, 0.25) is 0 Å². The quantitative estimate of drug-likeness (QED) is 0.844. The largest absolute Gasteiger partial charge is 0.504 e. The molecule has 1 heterocycles. The molecule has 2 N–H and O–H groups in total. The SMILES string of the molecule is COc1cc(CC2CCNCC2)cc(C)c1O. The average molecular weight is 235 g/mol. The number of aryl methyl sites for hydroxylation is 1. The molecule has 0 aliphatic carbocycles. The van der Waals surface area contributed by atoms with Crippen LogP contribution in [-0.4, -0.2) is 25.3 Å². The van der Waals surface area contributed by atoms with Gasteiger partial charge < -0.3 is 15.2 Å². The molecule has 0 radical (unpaired) electrons. The Morgan fingerprint density at radius 1 is 1.35 bits per heavy atom. The second-order valence-corrected chi connectivity index (χ2v) is 4.86. The highest BCUT2D eigenvalue weighted by Crippen LogP contribution is 2.32. The third kappa shape index (κ3) is 2.91. The molecular formula is C14H21NO2. The molecule has 1 fully saturated rings. The van der Waals surface area contributed by atoms with E-state index in [4.69, 9.17) is 4.74 Å². The lowest BCUT2D eigenvalue weighted by Gasteiger charge is -2.23. The van der Waals surface area contributed by atoms with Gasteiger partial charge in [-0.2, -0.15) is 0 Å². The first kappa shape index (κ1) is 12.2. The van der Waals surface area contributed by atoms with Gasteiger partial charge in [-0.25, -0.2) is 0 Å². The molecule has 0 saturated carbocycles. The first-order valence-electron chi connectivity index (χ1n) is 6.28. The lowest BCUT2D eigenvalue weighted by atomic mass is 9.90. The van der Waals surface area contributed by atoms with Crippen molar-refractivity contribution in [2.75, 3.05) is 20.2 Å². The Morgan fingerprint density at radius 2 is 2.06 bits per heavy atom. The van der Waals surface area contributed by atoms with Crippen molar-refractivity contribution in [3.05, 3.63) is 23.3 Å². The average Bonchev–Trinajstić information content (AvgIpc) is 2.35. The number of nitrogens with one attached hydrogen (secondary N) is 1. The molecule has 0 amide bonds. The lowest BCUT2D eigenvalue weighted by molar-refractivity contribution is 0.363. The van der Waals surface area contributed by atoms with Crippen LogP contribution in [0.4, 0.5) is 0 Å². The fourth-order valence-corrected chi connectivity index (χ4v) is 2.51. The number of ether oxygens (including phenoxy) is 1. The smallest absolute Gasteiger partial charge is 0.161 e. The Hall–Kier alpha value is -1.22. The number of phenols is 1. The van der Waals surface area contributed by atoms with Gasteiger partial charge in [0.05, 0.1) is 7.11 Å². The van der Waals surface area contributed by atoms with E-state index >= 15 is 0 Å². The monoisotopic (exact) mass is 235 g/mol. The molecule has 1 aliphatic rings. The predicted octanol–water partition coefficient (Wildman–Crippen LogP) is 2.25. The van der Waals surface area contributed by atoms with Gasteiger partial charge in [0.1, 0.15) is 0 Å². The zero-order valence-electron chi connectivity index (χ0n) is 10.6. The van der Waals surface area contributed by atoms with Crippen LogP contribution < -0.4 is 10.1 Å². The van der Waals surface area contributed by atoms with Crippen molar-refractivity contribution in [3.8, 4) is 11.5 Å². The van der Waals surface area contributed by atoms with Gasteiger partial charge in [0, 0.05) is 0 Å². The van der Waals surface area contributed by atoms with Crippen LogP contribution in [0.2, 0.25) is 0 Å². The van der Waals surface area contributed by atoms with E-state index in [-0.39, 0.29) is 5.75 Å². The highest BCUT2D eigenvalue weighted by molar-refractivity contribution is 5.47. The number of aromatic hydroxyl groups is 1. The summed E-state index contributed by atoms with van der Waals surface area (Å²) in [6, 6.07) is 4.03. The molecule has 0 unspecified atom stereocenters. The first-order valence-corrected chi connectivity index (χ1v) is 6.28. The van der Waals surface area contributed by atoms with Crippen molar-refractivity contribution in [1.29, 1.82) is 0 Å². The minimum atomic E-state index is 0.265. The standard InChI is InChI=1S/C14H21NO2/c1-10-7-12(9-13(17-2)14(10)16)8-11-3-5-15-6-4-11/h7,9,11,15-16H,3-6,8H2,1-2H3. The highest BCUT2D eigenvalue weighted by Gasteiger charge is 2.15. The number of benzene rings is 1. The second-order valence-electron chi connectivity index (χ2n) is 4.86. The lowest BCUT2D eigenvalue weighted by Crippen LogP contribution is -2.28. The Balaban J connectivity index is 2.12. The van der Waals surface area contributed by atoms with Crippen LogP contribution in [0.25, 0.3) is 0 Å². The number of hydrogen-bond acceptors (Lipinski definition) is 3. The van der Waals surface area contributed by atoms with E-state index in [1.54, 1.807) is 7.11 Å². The van der Waals surface area contributed by atoms with Crippen molar-refractivity contribution < 1.29 is 9.84 Å². The molecule has 0 atom stereocenters. The molecule has 3 nitrogen and oxygen atoms in total. The van der Waals surface area contributed by atoms with Crippen molar-refractivity contribution in [3.63, 3.8) is 0 Å². The van der Waals surface area contributed by atoms with Crippen molar-refractivity contribution in [2.45, 2.75) is 26.2 Å². The van der Waals surface area contributed by atoms with Crippen LogP contribution in [0, 0.1) is 12.8 Å². The van der Waals surface area contributed by atoms with E-state index in [1.165, 1.54) is 18.4 Å². The Labute approximate surface area is 103 Å². The number of piperidine rings is 1. The number of methoxy groups -OCH3 is 1. The van der Waals surface area contributed by atoms with Gasteiger partial charge >= 0.3 is 0 Å². The molecule has 2 rings (SSSR count). The summed E-state index contributed by atoms with van der Waals surface area (Å²) in [6.45, 7) is 4.17. The molecule has 1 aromatic rings. The van der Waals surface area contributed by atoms with Crippen LogP contribution >= 0.6 is 0 Å². The molecule has 3 heteroatoms. The minimum absolute atomic E-state index is 0.265. The van der Waals surface area contributed by atoms with E-state index in [1.807, 2.05) is 13.0 Å². The van der Waals surface area contributed by atoms with Gasteiger partial charge in [-0.3, -0.25) is 0 Å². The summed E-state index contributed by atoms with van der Waals surface area (Å²) in [7, 11) is 1.60. The molecule has 94 valence electrons. The zero-order valence-corrected chi connectivity index (χ0v) is 10.6. The molecule has 0 bridgehead atoms. The molecule has 1 saturated heterocycles. The van der Waals surface area contributed by atoms with Gasteiger partial charge in [-0.15, -0.1) is 0 Å². The fourth-order valence-electron chi connectivity index (χ4n) is 2.51. The third-order valence-corrected chi connectivity index (χ3v) is 3.53. The molecule has 0 aromatic heterocycles. The molecular weight excluding hydrogens is 214 g/mol. The summed E-state index contributed by atoms with van der Waals surface area (Å²) in [6.07, 6.45) is 3.56. The van der Waals surface area contributed by atoms with E-state index in [0.717, 1.165) is 31.0 Å². The summed E-state index contributed by atoms with van der Waals surface area (Å²) in [5.74, 6) is 1.61. The Kier molecular flexibility index (Phi) is 3.89. The Morgan fingerprint density at radius 3 is 2.71 bits per heavy atom. The van der Waals surface area contributed by atoms with Gasteiger partial charge in [-0.05, 0) is 62.4 Å². The normalized spacial score (nSPS) is 17.1. The van der Waals surface area contributed by atoms with E-state index in [9.17, 15) is 5.11 Å². The maximum absolute atomic E-state index is 9.79. The van der Waals surface area contributed by atoms with Crippen molar-refractivity contribution in [2.24, 2.45) is 5.92 Å². The maximum atomic E-state index is 9.79. The molecule has 17 heavy (non-hydrogen) atoms. The zero-order chi connectivity index (χ0) is 12.3. The van der Waals surface area contributed by atoms with Gasteiger partial charge in [0.15, 0.2) is 11.5 Å². The number of phenolic OH excluding ortho intramolecular Hbond substituents is 1. The highest BCUT2D eigenvalue weighted by atomic mass is 16.5. The first-order chi connectivity index (χ1) is 8.20. The summed E-state index contributed by atoms with van der Waals surface area (Å²) >= 11 is 0. The second kappa shape index (κ2) is 5.41. The van der Waals surface area contributed by atoms with Gasteiger partial charge in [0.25, 0.3) is 0 Å². The van der Waals surface area contributed by atoms with Crippen LogP contribution in [0.1, 0.15) is 24.0 Å². The van der Waals surface area contributed by atoms with Gasteiger partial charge in [-0.1, -0.05) is 6.07 Å². The van der Waals surface area contributed by atoms with E-state index in [0.29, 0.717) is 5.75 Å². The third-order valence-electron chi connectivity index (χ3n) is 3.53. The van der Waals surface area contributed by atoms with Crippen molar-refractivity contribution >= 4 is 0 Å². The van der Waals surface area contributed by atoms with Crippen LogP contribution in [-0.2, 0) is 6.42 Å². The summed E-state index contributed by atoms with van der Waals surface area (Å²) in [5, 5.41) is 13.2. The molecule has 1 aliphatic heterocycles. The summed E-state index contributed by atoms with van der Waals surface area (Å²) < 4.78 is 5.19. The van der Waals surface area contributed by atoms with Crippen LogP contribution in [0.3, 0.4) is 0 Å². The predicted molar refractivity (Wildman–Crippen MR) is 68.7 cm³/mol. The number of hydrogen-bond donors (Lipinski definition) is 2. The fraction of sp³-hybridized carbons (Fsp3) is 0.571. The number of rotatable bonds is 3. The summed E-state index contributed by atoms with van der Waals surface area (Å²) in [4.78, 5) is 0. The van der Waals surface area contributed by atoms with Crippen molar-refractivity contribution in [1.82, 2.24) is 5.32 Å². The molecule has 1 aromatic carbocycles. The van der Waals surface area contributed by atoms with Crippen LogP contribution in [0.15, 0.2) is 12.1 Å². The summed E-state index contributed by atoms with van der Waals surface area (Å²) in [5.41, 5.74) is 2.16. The van der Waals surface area contributed by atoms with E-state index in [2.05, 4.69) is 11.4 Å². The topological polar surface area (TPSA) is 41.5 Å². The van der Waals surface area contributed by atoms with E-state index < -0.39 is 0 Å². The Bertz CT molecular complexity index is 384. The minimum Gasteiger partial charge on any atom is -0.504 e.